The van der Waals surface area contributed by atoms with Crippen LogP contribution in [0.3, 0.4) is 0 Å². The van der Waals surface area contributed by atoms with Crippen LogP contribution >= 0.6 is 0 Å². The number of piperidine rings is 1. The first-order valence-corrected chi connectivity index (χ1v) is 5.58. The molecule has 0 aromatic rings. The summed E-state index contributed by atoms with van der Waals surface area (Å²) in [5.41, 5.74) is 0. The monoisotopic (exact) mass is 234 g/mol. The van der Waals surface area contributed by atoms with Gasteiger partial charge in [0, 0.05) is 12.5 Å². The van der Waals surface area contributed by atoms with Crippen molar-refractivity contribution < 1.29 is 18.7 Å². The van der Waals surface area contributed by atoms with E-state index < -0.39 is 24.6 Å². The molecule has 2 rings (SSSR count). The van der Waals surface area contributed by atoms with Gasteiger partial charge in [0.1, 0.15) is 0 Å². The van der Waals surface area contributed by atoms with Crippen LogP contribution < -0.4 is 5.32 Å². The van der Waals surface area contributed by atoms with E-state index in [1.54, 1.807) is 0 Å². The summed E-state index contributed by atoms with van der Waals surface area (Å²) in [6.45, 7) is 0.942. The highest BCUT2D eigenvalue weighted by molar-refractivity contribution is 5.66. The van der Waals surface area contributed by atoms with Crippen molar-refractivity contribution in [1.82, 2.24) is 10.2 Å². The fourth-order valence-corrected chi connectivity index (χ4v) is 2.71. The Balaban J connectivity index is 2.08. The Hall–Kier alpha value is -0.910. The van der Waals surface area contributed by atoms with Crippen LogP contribution in [-0.2, 0) is 0 Å². The van der Waals surface area contributed by atoms with Crippen LogP contribution in [0, 0.1) is 5.92 Å². The van der Waals surface area contributed by atoms with E-state index in [4.69, 9.17) is 5.11 Å². The second-order valence-electron chi connectivity index (χ2n) is 4.63. The molecule has 16 heavy (non-hydrogen) atoms. The molecule has 1 atom stereocenters. The molecule has 0 radical (unpaired) electrons. The molecule has 0 spiro atoms. The molecule has 0 aromatic carbocycles. The zero-order chi connectivity index (χ0) is 11.8. The van der Waals surface area contributed by atoms with Crippen molar-refractivity contribution >= 4 is 6.09 Å². The molecular weight excluding hydrogens is 218 g/mol. The maximum Gasteiger partial charge on any atom is 0.407 e. The van der Waals surface area contributed by atoms with Crippen LogP contribution in [0.25, 0.3) is 0 Å². The SMILES string of the molecule is O=C(O)N1CC(F)(F)C[C@H]1C1CCNCC1. The number of hydrogen-bond acceptors (Lipinski definition) is 2. The van der Waals surface area contributed by atoms with E-state index in [1.165, 1.54) is 0 Å². The van der Waals surface area contributed by atoms with E-state index in [-0.39, 0.29) is 12.3 Å². The maximum absolute atomic E-state index is 13.2. The van der Waals surface area contributed by atoms with E-state index in [9.17, 15) is 13.6 Å². The lowest BCUT2D eigenvalue weighted by atomic mass is 9.88. The van der Waals surface area contributed by atoms with E-state index in [0.29, 0.717) is 0 Å². The maximum atomic E-state index is 13.2. The van der Waals surface area contributed by atoms with Gasteiger partial charge < -0.3 is 10.4 Å². The predicted octanol–water partition coefficient (Wildman–Crippen LogP) is 1.37. The molecule has 0 aromatic heterocycles. The Kier molecular flexibility index (Phi) is 3.01. The summed E-state index contributed by atoms with van der Waals surface area (Å²) >= 11 is 0. The van der Waals surface area contributed by atoms with Gasteiger partial charge in [0.05, 0.1) is 6.54 Å². The minimum absolute atomic E-state index is 0.0747. The van der Waals surface area contributed by atoms with Crippen molar-refractivity contribution in [3.63, 3.8) is 0 Å². The summed E-state index contributed by atoms with van der Waals surface area (Å²) in [4.78, 5) is 11.8. The van der Waals surface area contributed by atoms with Crippen LogP contribution in [0.5, 0.6) is 0 Å². The van der Waals surface area contributed by atoms with Crippen LogP contribution in [0.2, 0.25) is 0 Å². The summed E-state index contributed by atoms with van der Waals surface area (Å²) < 4.78 is 26.5. The number of hydrogen-bond donors (Lipinski definition) is 2. The number of rotatable bonds is 1. The number of halogens is 2. The van der Waals surface area contributed by atoms with Crippen molar-refractivity contribution in [2.24, 2.45) is 5.92 Å². The summed E-state index contributed by atoms with van der Waals surface area (Å²) in [5.74, 6) is -2.78. The topological polar surface area (TPSA) is 52.6 Å². The van der Waals surface area contributed by atoms with Gasteiger partial charge in [0.15, 0.2) is 0 Å². The molecule has 4 nitrogen and oxygen atoms in total. The standard InChI is InChI=1S/C10H16F2N2O2/c11-10(12)5-8(14(6-10)9(15)16)7-1-3-13-4-2-7/h7-8,13H,1-6H2,(H,15,16)/t8-/m0/s1. The quantitative estimate of drug-likeness (QED) is 0.720. The third-order valence-electron chi connectivity index (χ3n) is 3.48. The number of nitrogens with zero attached hydrogens (tertiary/aromatic N) is 1. The molecule has 2 heterocycles. The Bertz CT molecular complexity index is 280. The zero-order valence-corrected chi connectivity index (χ0v) is 8.96. The normalized spacial score (nSPS) is 30.6. The molecule has 0 aliphatic carbocycles. The fourth-order valence-electron chi connectivity index (χ4n) is 2.71. The number of likely N-dealkylation sites (tertiary alicyclic amines) is 1. The van der Waals surface area contributed by atoms with Gasteiger partial charge in [-0.15, -0.1) is 0 Å². The summed E-state index contributed by atoms with van der Waals surface area (Å²) in [7, 11) is 0. The Morgan fingerprint density at radius 1 is 1.38 bits per heavy atom. The van der Waals surface area contributed by atoms with Crippen LogP contribution in [0.15, 0.2) is 0 Å². The Morgan fingerprint density at radius 2 is 2.00 bits per heavy atom. The highest BCUT2D eigenvalue weighted by Gasteiger charge is 2.49. The van der Waals surface area contributed by atoms with Crippen LogP contribution in [-0.4, -0.2) is 47.7 Å². The molecular formula is C10H16F2N2O2. The van der Waals surface area contributed by atoms with Gasteiger partial charge in [0.25, 0.3) is 5.92 Å². The highest BCUT2D eigenvalue weighted by Crippen LogP contribution is 2.37. The summed E-state index contributed by atoms with van der Waals surface area (Å²) in [6, 6.07) is -0.505. The van der Waals surface area contributed by atoms with Gasteiger partial charge in [-0.05, 0) is 31.8 Å². The Labute approximate surface area is 92.6 Å². The molecule has 2 N–H and O–H groups in total. The molecule has 6 heteroatoms. The molecule has 2 fully saturated rings. The van der Waals surface area contributed by atoms with E-state index in [0.717, 1.165) is 30.8 Å². The molecule has 2 saturated heterocycles. The lowest BCUT2D eigenvalue weighted by Gasteiger charge is -2.32. The van der Waals surface area contributed by atoms with Gasteiger partial charge in [-0.3, -0.25) is 4.90 Å². The lowest BCUT2D eigenvalue weighted by molar-refractivity contribution is 0.0122. The molecule has 1 amide bonds. The first-order chi connectivity index (χ1) is 7.49. The van der Waals surface area contributed by atoms with Gasteiger partial charge >= 0.3 is 6.09 Å². The number of amides is 1. The predicted molar refractivity (Wildman–Crippen MR) is 53.7 cm³/mol. The van der Waals surface area contributed by atoms with Crippen LogP contribution in [0.4, 0.5) is 13.6 Å². The molecule has 2 aliphatic rings. The van der Waals surface area contributed by atoms with E-state index in [2.05, 4.69) is 5.32 Å². The molecule has 0 bridgehead atoms. The number of carboxylic acid groups (broad SMARTS) is 1. The van der Waals surface area contributed by atoms with E-state index in [1.807, 2.05) is 0 Å². The number of nitrogens with one attached hydrogen (secondary N) is 1. The minimum atomic E-state index is -2.85. The second kappa shape index (κ2) is 4.16. The molecule has 2 aliphatic heterocycles. The third-order valence-corrected chi connectivity index (χ3v) is 3.48. The summed E-state index contributed by atoms with van der Waals surface area (Å²) in [5, 5.41) is 12.1. The van der Waals surface area contributed by atoms with Crippen molar-refractivity contribution in [3.8, 4) is 0 Å². The van der Waals surface area contributed by atoms with Gasteiger partial charge in [0.2, 0.25) is 0 Å². The van der Waals surface area contributed by atoms with Gasteiger partial charge in [-0.2, -0.15) is 0 Å². The minimum Gasteiger partial charge on any atom is -0.465 e. The molecule has 0 unspecified atom stereocenters. The highest BCUT2D eigenvalue weighted by atomic mass is 19.3. The van der Waals surface area contributed by atoms with Crippen molar-refractivity contribution in [2.45, 2.75) is 31.2 Å². The average molecular weight is 234 g/mol. The Morgan fingerprint density at radius 3 is 2.56 bits per heavy atom. The average Bonchev–Trinajstić information content (AvgIpc) is 2.56. The first-order valence-electron chi connectivity index (χ1n) is 5.58. The van der Waals surface area contributed by atoms with Crippen molar-refractivity contribution in [2.75, 3.05) is 19.6 Å². The second-order valence-corrected chi connectivity index (χ2v) is 4.63. The van der Waals surface area contributed by atoms with Crippen molar-refractivity contribution in [3.05, 3.63) is 0 Å². The number of carbonyl (C=O) groups is 1. The number of alkyl halides is 2. The van der Waals surface area contributed by atoms with Crippen LogP contribution in [0.1, 0.15) is 19.3 Å². The lowest BCUT2D eigenvalue weighted by Crippen LogP contribution is -2.43. The van der Waals surface area contributed by atoms with Gasteiger partial charge in [-0.25, -0.2) is 13.6 Å². The fraction of sp³-hybridized carbons (Fsp3) is 0.900. The summed E-state index contributed by atoms with van der Waals surface area (Å²) in [6.07, 6.45) is 0.0275. The largest absolute Gasteiger partial charge is 0.465 e. The van der Waals surface area contributed by atoms with E-state index >= 15 is 0 Å². The van der Waals surface area contributed by atoms with Crippen molar-refractivity contribution in [1.29, 1.82) is 0 Å². The molecule has 0 saturated carbocycles. The smallest absolute Gasteiger partial charge is 0.407 e. The van der Waals surface area contributed by atoms with Gasteiger partial charge in [-0.1, -0.05) is 0 Å². The third kappa shape index (κ3) is 2.26. The molecule has 92 valence electrons. The first kappa shape index (κ1) is 11.6. The zero-order valence-electron chi connectivity index (χ0n) is 8.96.